The number of likely N-dealkylation sites (N-methyl/N-ethyl adjacent to an activating group) is 1. The van der Waals surface area contributed by atoms with Crippen molar-refractivity contribution in [2.45, 2.75) is 18.5 Å². The quantitative estimate of drug-likeness (QED) is 0.634. The zero-order valence-electron chi connectivity index (χ0n) is 11.9. The Balaban J connectivity index is 1.59. The van der Waals surface area contributed by atoms with E-state index in [1.54, 1.807) is 6.08 Å². The minimum absolute atomic E-state index is 0.0582. The van der Waals surface area contributed by atoms with Gasteiger partial charge in [0, 0.05) is 24.7 Å². The molecule has 0 aliphatic carbocycles. The minimum atomic E-state index is -1.07. The number of hydrogen-bond donors (Lipinski definition) is 1. The molecule has 4 heterocycles. The van der Waals surface area contributed by atoms with Crippen LogP contribution in [0.2, 0.25) is 0 Å². The lowest BCUT2D eigenvalue weighted by molar-refractivity contribution is -0.141. The molecule has 1 N–H and O–H groups in total. The van der Waals surface area contributed by atoms with Crippen LogP contribution in [0.1, 0.15) is 11.5 Å². The zero-order chi connectivity index (χ0) is 15.4. The number of carbonyl (C=O) groups excluding carboxylic acids is 1. The number of amides is 1. The number of β-lactam (4-membered cyclic amide) rings is 1. The first-order valence-electron chi connectivity index (χ1n) is 6.93. The van der Waals surface area contributed by atoms with E-state index >= 15 is 0 Å². The molecule has 0 spiro atoms. The number of thioether (sulfide) groups is 1. The van der Waals surface area contributed by atoms with Crippen molar-refractivity contribution in [1.82, 2.24) is 19.4 Å². The maximum Gasteiger partial charge on any atom is 0.353 e. The highest BCUT2D eigenvalue weighted by atomic mass is 32.2. The molecule has 0 bridgehead atoms. The first-order chi connectivity index (χ1) is 10.5. The van der Waals surface area contributed by atoms with E-state index in [-0.39, 0.29) is 17.0 Å². The first kappa shape index (κ1) is 13.6. The molecular weight excluding hydrogens is 304 g/mol. The van der Waals surface area contributed by atoms with Crippen LogP contribution in [0.3, 0.4) is 0 Å². The summed E-state index contributed by atoms with van der Waals surface area (Å²) in [6, 6.07) is 0. The normalized spacial score (nSPS) is 25.8. The molecule has 1 saturated heterocycles. The van der Waals surface area contributed by atoms with Crippen molar-refractivity contribution in [1.29, 1.82) is 0 Å². The van der Waals surface area contributed by atoms with Crippen LogP contribution in [-0.4, -0.2) is 55.3 Å². The molecule has 3 aliphatic heterocycles. The summed E-state index contributed by atoms with van der Waals surface area (Å²) in [5, 5.41) is 10.4. The summed E-state index contributed by atoms with van der Waals surface area (Å²) in [6.07, 6.45) is 3.73. The van der Waals surface area contributed by atoms with E-state index in [0.29, 0.717) is 5.57 Å². The molecule has 22 heavy (non-hydrogen) atoms. The molecule has 0 radical (unpaired) electrons. The number of fused-ring (bicyclic) bond motifs is 2. The van der Waals surface area contributed by atoms with Crippen LogP contribution in [0.4, 0.5) is 0 Å². The fourth-order valence-corrected chi connectivity index (χ4v) is 4.01. The van der Waals surface area contributed by atoms with Gasteiger partial charge in [-0.1, -0.05) is 0 Å². The van der Waals surface area contributed by atoms with Crippen LogP contribution in [0.5, 0.6) is 0 Å². The largest absolute Gasteiger partial charge is 0.477 e. The second-order valence-electron chi connectivity index (χ2n) is 5.58. The second kappa shape index (κ2) is 4.72. The first-order valence-corrected chi connectivity index (χ1v) is 7.87. The van der Waals surface area contributed by atoms with Crippen molar-refractivity contribution in [3.8, 4) is 0 Å². The van der Waals surface area contributed by atoms with Crippen molar-refractivity contribution in [2.24, 2.45) is 0 Å². The third-order valence-electron chi connectivity index (χ3n) is 4.07. The molecule has 8 heteroatoms. The van der Waals surface area contributed by atoms with Gasteiger partial charge in [-0.25, -0.2) is 9.78 Å². The predicted octanol–water partition coefficient (Wildman–Crippen LogP) is 0.553. The number of carbonyl (C=O) groups is 2. The van der Waals surface area contributed by atoms with Crippen molar-refractivity contribution in [3.63, 3.8) is 0 Å². The molecule has 114 valence electrons. The molecule has 1 aromatic rings. The summed E-state index contributed by atoms with van der Waals surface area (Å²) in [6.45, 7) is 2.67. The Morgan fingerprint density at radius 1 is 1.50 bits per heavy atom. The van der Waals surface area contributed by atoms with Crippen molar-refractivity contribution in [2.75, 3.05) is 13.6 Å². The van der Waals surface area contributed by atoms with Gasteiger partial charge in [-0.2, -0.15) is 0 Å². The third-order valence-corrected chi connectivity index (χ3v) is 5.15. The zero-order valence-corrected chi connectivity index (χ0v) is 12.7. The summed E-state index contributed by atoms with van der Waals surface area (Å²) in [7, 11) is 2.05. The highest BCUT2D eigenvalue weighted by Gasteiger charge is 2.49. The Morgan fingerprint density at radius 3 is 3.09 bits per heavy atom. The maximum absolute atomic E-state index is 12.2. The molecule has 7 nitrogen and oxygen atoms in total. The lowest BCUT2D eigenvalue weighted by Gasteiger charge is -2.36. The molecule has 0 aromatic carbocycles. The number of rotatable bonds is 2. The minimum Gasteiger partial charge on any atom is -0.477 e. The second-order valence-corrected chi connectivity index (χ2v) is 6.54. The standard InChI is InChI=1S/C14H14N4O3S/c1-16-2-3-17-5-8(15-11(17)6-16)4-9-12(19)18-10(14(20)21)7-22-13(9)18/h4-5,7,13H,2-3,6H2,1H3,(H,20,21). The molecule has 4 rings (SSSR count). The number of aliphatic carboxylic acids is 1. The summed E-state index contributed by atoms with van der Waals surface area (Å²) >= 11 is 1.35. The number of aromatic nitrogens is 2. The highest BCUT2D eigenvalue weighted by molar-refractivity contribution is 8.03. The van der Waals surface area contributed by atoms with Crippen molar-refractivity contribution >= 4 is 29.7 Å². The average molecular weight is 318 g/mol. The van der Waals surface area contributed by atoms with Gasteiger partial charge in [-0.3, -0.25) is 14.6 Å². The van der Waals surface area contributed by atoms with Gasteiger partial charge in [0.2, 0.25) is 0 Å². The number of imidazole rings is 1. The summed E-state index contributed by atoms with van der Waals surface area (Å²) < 4.78 is 2.11. The van der Waals surface area contributed by atoms with Gasteiger partial charge in [0.1, 0.15) is 16.9 Å². The Labute approximate surface area is 130 Å². The molecule has 1 aromatic heterocycles. The smallest absolute Gasteiger partial charge is 0.353 e. The highest BCUT2D eigenvalue weighted by Crippen LogP contribution is 2.45. The molecule has 0 saturated carbocycles. The molecule has 1 fully saturated rings. The van der Waals surface area contributed by atoms with Crippen LogP contribution in [0.25, 0.3) is 6.08 Å². The Bertz CT molecular complexity index is 751. The van der Waals surface area contributed by atoms with Crippen LogP contribution in [0, 0.1) is 0 Å². The van der Waals surface area contributed by atoms with E-state index in [0.717, 1.165) is 31.2 Å². The third kappa shape index (κ3) is 1.91. The monoisotopic (exact) mass is 318 g/mol. The van der Waals surface area contributed by atoms with E-state index in [2.05, 4.69) is 21.5 Å². The van der Waals surface area contributed by atoms with Crippen LogP contribution >= 0.6 is 11.8 Å². The predicted molar refractivity (Wildman–Crippen MR) is 80.5 cm³/mol. The summed E-state index contributed by atoms with van der Waals surface area (Å²) in [5.74, 6) is -0.317. The molecular formula is C14H14N4O3S. The SMILES string of the molecule is CN1CCn2cc(C=C3C(=O)N4C(C(=O)O)=CSC34)nc2C1. The van der Waals surface area contributed by atoms with Crippen LogP contribution in [0.15, 0.2) is 22.9 Å². The molecule has 1 atom stereocenters. The maximum atomic E-state index is 12.2. The van der Waals surface area contributed by atoms with Gasteiger partial charge >= 0.3 is 5.97 Å². The fraction of sp³-hybridized carbons (Fsp3) is 0.357. The number of carboxylic acids is 1. The van der Waals surface area contributed by atoms with E-state index in [1.165, 1.54) is 22.1 Å². The number of carboxylic acid groups (broad SMARTS) is 1. The Hall–Kier alpha value is -2.06. The summed E-state index contributed by atoms with van der Waals surface area (Å²) in [5.41, 5.74) is 1.43. The average Bonchev–Trinajstić information content (AvgIpc) is 3.05. The van der Waals surface area contributed by atoms with Crippen LogP contribution < -0.4 is 0 Å². The Morgan fingerprint density at radius 2 is 2.32 bits per heavy atom. The van der Waals surface area contributed by atoms with E-state index in [9.17, 15) is 9.59 Å². The lowest BCUT2D eigenvalue weighted by atomic mass is 10.0. The van der Waals surface area contributed by atoms with Gasteiger partial charge in [0.25, 0.3) is 5.91 Å². The van der Waals surface area contributed by atoms with E-state index < -0.39 is 5.97 Å². The summed E-state index contributed by atoms with van der Waals surface area (Å²) in [4.78, 5) is 31.3. The van der Waals surface area contributed by atoms with Gasteiger partial charge in [0.05, 0.1) is 17.8 Å². The van der Waals surface area contributed by atoms with E-state index in [4.69, 9.17) is 5.11 Å². The van der Waals surface area contributed by atoms with Gasteiger partial charge in [-0.15, -0.1) is 11.8 Å². The van der Waals surface area contributed by atoms with Crippen molar-refractivity contribution in [3.05, 3.63) is 34.4 Å². The number of hydrogen-bond acceptors (Lipinski definition) is 5. The molecule has 1 amide bonds. The molecule has 1 unspecified atom stereocenters. The van der Waals surface area contributed by atoms with Crippen molar-refractivity contribution < 1.29 is 14.7 Å². The van der Waals surface area contributed by atoms with Gasteiger partial charge in [-0.05, 0) is 13.1 Å². The topological polar surface area (TPSA) is 78.7 Å². The lowest BCUT2D eigenvalue weighted by Crippen LogP contribution is -2.51. The van der Waals surface area contributed by atoms with Gasteiger partial charge < -0.3 is 9.67 Å². The number of nitrogens with zero attached hydrogens (tertiary/aromatic N) is 4. The van der Waals surface area contributed by atoms with Gasteiger partial charge in [0.15, 0.2) is 0 Å². The molecule has 3 aliphatic rings. The van der Waals surface area contributed by atoms with E-state index in [1.807, 2.05) is 6.20 Å². The fourth-order valence-electron chi connectivity index (χ4n) is 2.89. The Kier molecular flexibility index (Phi) is 2.92. The van der Waals surface area contributed by atoms with Crippen LogP contribution in [-0.2, 0) is 22.7 Å².